The highest BCUT2D eigenvalue weighted by molar-refractivity contribution is 6.06. The van der Waals surface area contributed by atoms with Crippen LogP contribution in [0.25, 0.3) is 0 Å². The molecule has 0 bridgehead atoms. The average Bonchev–Trinajstić information content (AvgIpc) is 2.73. The van der Waals surface area contributed by atoms with E-state index in [-0.39, 0.29) is 17.6 Å². The van der Waals surface area contributed by atoms with Crippen LogP contribution >= 0.6 is 0 Å². The lowest BCUT2D eigenvalue weighted by Crippen LogP contribution is -2.12. The third-order valence-electron chi connectivity index (χ3n) is 3.23. The molecule has 2 aliphatic rings. The van der Waals surface area contributed by atoms with Crippen LogP contribution in [-0.2, 0) is 0 Å². The summed E-state index contributed by atoms with van der Waals surface area (Å²) >= 11 is 0. The van der Waals surface area contributed by atoms with E-state index in [1.807, 2.05) is 24.3 Å². The van der Waals surface area contributed by atoms with E-state index in [4.69, 9.17) is 5.73 Å². The first-order valence-electron chi connectivity index (χ1n) is 5.84. The molecule has 2 N–H and O–H groups in total. The van der Waals surface area contributed by atoms with Gasteiger partial charge < -0.3 is 5.73 Å². The summed E-state index contributed by atoms with van der Waals surface area (Å²) in [6.45, 7) is 0. The minimum Gasteiger partial charge on any atom is -0.383 e. The van der Waals surface area contributed by atoms with E-state index in [0.29, 0.717) is 11.3 Å². The van der Waals surface area contributed by atoms with E-state index < -0.39 is 0 Å². The standard InChI is InChI=1S/C15H10FN3/c16-10-4-1-3-9(7-10)11-5-2-6-13-14(11)12(8-17)15(18)19-13/h1-7,11H,(H2,18,19). The number of allylic oxidation sites excluding steroid dienone is 4. The number of amidine groups is 1. The summed E-state index contributed by atoms with van der Waals surface area (Å²) in [4.78, 5) is 4.17. The van der Waals surface area contributed by atoms with E-state index in [9.17, 15) is 9.65 Å². The van der Waals surface area contributed by atoms with Gasteiger partial charge in [-0.05, 0) is 23.8 Å². The normalized spacial score (nSPS) is 20.7. The van der Waals surface area contributed by atoms with Crippen molar-refractivity contribution in [3.63, 3.8) is 0 Å². The van der Waals surface area contributed by atoms with Gasteiger partial charge in [0.2, 0.25) is 0 Å². The molecular weight excluding hydrogens is 241 g/mol. The van der Waals surface area contributed by atoms with Gasteiger partial charge in [-0.2, -0.15) is 5.26 Å². The molecule has 0 aromatic heterocycles. The first-order valence-corrected chi connectivity index (χ1v) is 5.84. The number of benzene rings is 1. The van der Waals surface area contributed by atoms with Gasteiger partial charge in [-0.3, -0.25) is 0 Å². The fraction of sp³-hybridized carbons (Fsp3) is 0.0667. The molecule has 1 aliphatic carbocycles. The lowest BCUT2D eigenvalue weighted by molar-refractivity contribution is 0.625. The fourth-order valence-corrected chi connectivity index (χ4v) is 2.40. The van der Waals surface area contributed by atoms with E-state index in [1.165, 1.54) is 12.1 Å². The molecule has 3 rings (SSSR count). The van der Waals surface area contributed by atoms with Crippen molar-refractivity contribution in [3.05, 3.63) is 70.7 Å². The molecule has 1 heterocycles. The molecule has 19 heavy (non-hydrogen) atoms. The number of nitrogens with zero attached hydrogens (tertiary/aromatic N) is 2. The van der Waals surface area contributed by atoms with Gasteiger partial charge in [-0.1, -0.05) is 24.3 Å². The predicted molar refractivity (Wildman–Crippen MR) is 70.6 cm³/mol. The topological polar surface area (TPSA) is 62.2 Å². The number of nitrogens with two attached hydrogens (primary N) is 1. The molecule has 1 aliphatic heterocycles. The second kappa shape index (κ2) is 4.21. The zero-order valence-corrected chi connectivity index (χ0v) is 9.97. The first-order chi connectivity index (χ1) is 9.20. The molecule has 1 unspecified atom stereocenters. The number of rotatable bonds is 1. The highest BCUT2D eigenvalue weighted by Gasteiger charge is 2.29. The Labute approximate surface area is 109 Å². The molecule has 0 saturated heterocycles. The van der Waals surface area contributed by atoms with Crippen LogP contribution in [0.5, 0.6) is 0 Å². The largest absolute Gasteiger partial charge is 0.383 e. The number of fused-ring (bicyclic) bond motifs is 1. The Kier molecular flexibility index (Phi) is 2.53. The van der Waals surface area contributed by atoms with Crippen molar-refractivity contribution in [2.75, 3.05) is 0 Å². The van der Waals surface area contributed by atoms with Gasteiger partial charge in [-0.15, -0.1) is 0 Å². The highest BCUT2D eigenvalue weighted by Crippen LogP contribution is 2.39. The summed E-state index contributed by atoms with van der Waals surface area (Å²) in [7, 11) is 0. The lowest BCUT2D eigenvalue weighted by Gasteiger charge is -2.19. The van der Waals surface area contributed by atoms with Gasteiger partial charge in [0.1, 0.15) is 23.3 Å². The van der Waals surface area contributed by atoms with Crippen molar-refractivity contribution < 1.29 is 4.39 Å². The Morgan fingerprint density at radius 1 is 1.37 bits per heavy atom. The zero-order valence-electron chi connectivity index (χ0n) is 9.97. The lowest BCUT2D eigenvalue weighted by atomic mass is 9.84. The maximum Gasteiger partial charge on any atom is 0.142 e. The van der Waals surface area contributed by atoms with Crippen molar-refractivity contribution in [2.45, 2.75) is 5.92 Å². The molecule has 4 heteroatoms. The molecule has 1 atom stereocenters. The fourth-order valence-electron chi connectivity index (χ4n) is 2.40. The van der Waals surface area contributed by atoms with Gasteiger partial charge in [0.05, 0.1) is 5.70 Å². The van der Waals surface area contributed by atoms with Crippen LogP contribution in [0.4, 0.5) is 4.39 Å². The molecule has 0 saturated carbocycles. The zero-order chi connectivity index (χ0) is 13.4. The summed E-state index contributed by atoms with van der Waals surface area (Å²) in [5.41, 5.74) is 8.36. The van der Waals surface area contributed by atoms with Crippen LogP contribution in [0.1, 0.15) is 11.5 Å². The molecular formula is C15H10FN3. The van der Waals surface area contributed by atoms with Crippen LogP contribution in [0, 0.1) is 17.1 Å². The molecule has 0 radical (unpaired) electrons. The van der Waals surface area contributed by atoms with Gasteiger partial charge >= 0.3 is 0 Å². The Balaban J connectivity index is 2.15. The second-order valence-corrected chi connectivity index (χ2v) is 4.37. The van der Waals surface area contributed by atoms with Gasteiger partial charge in [0.25, 0.3) is 0 Å². The maximum absolute atomic E-state index is 13.3. The van der Waals surface area contributed by atoms with Crippen molar-refractivity contribution >= 4 is 5.84 Å². The van der Waals surface area contributed by atoms with Crippen LogP contribution in [-0.4, -0.2) is 5.84 Å². The number of hydrogen-bond acceptors (Lipinski definition) is 3. The van der Waals surface area contributed by atoms with Gasteiger partial charge in [0, 0.05) is 11.5 Å². The molecule has 0 fully saturated rings. The third-order valence-corrected chi connectivity index (χ3v) is 3.23. The quantitative estimate of drug-likeness (QED) is 0.833. The van der Waals surface area contributed by atoms with E-state index in [2.05, 4.69) is 11.1 Å². The number of halogens is 1. The summed E-state index contributed by atoms with van der Waals surface area (Å²) in [6.07, 6.45) is 5.58. The van der Waals surface area contributed by atoms with Crippen LogP contribution < -0.4 is 5.73 Å². The van der Waals surface area contributed by atoms with Crippen molar-refractivity contribution in [3.8, 4) is 6.07 Å². The summed E-state index contributed by atoms with van der Waals surface area (Å²) < 4.78 is 13.3. The van der Waals surface area contributed by atoms with Gasteiger partial charge in [0.15, 0.2) is 0 Å². The average molecular weight is 251 g/mol. The number of aliphatic imine (C=N–C) groups is 1. The molecule has 1 aromatic carbocycles. The minimum absolute atomic E-state index is 0.185. The SMILES string of the molecule is N#CC1=C2C(=CC=CC2c2cccc(F)c2)N=C1N. The molecule has 1 aromatic rings. The minimum atomic E-state index is -0.298. The Hall–Kier alpha value is -2.67. The molecule has 0 amide bonds. The predicted octanol–water partition coefficient (Wildman–Crippen LogP) is 2.55. The Morgan fingerprint density at radius 3 is 2.95 bits per heavy atom. The van der Waals surface area contributed by atoms with Crippen LogP contribution in [0.2, 0.25) is 0 Å². The van der Waals surface area contributed by atoms with E-state index >= 15 is 0 Å². The first kappa shape index (κ1) is 11.4. The molecule has 3 nitrogen and oxygen atoms in total. The van der Waals surface area contributed by atoms with Crippen LogP contribution in [0.3, 0.4) is 0 Å². The Bertz CT molecular complexity index is 717. The highest BCUT2D eigenvalue weighted by atomic mass is 19.1. The molecule has 92 valence electrons. The number of hydrogen-bond donors (Lipinski definition) is 1. The monoisotopic (exact) mass is 251 g/mol. The third kappa shape index (κ3) is 1.76. The van der Waals surface area contributed by atoms with E-state index in [1.54, 1.807) is 6.07 Å². The number of nitriles is 1. The second-order valence-electron chi connectivity index (χ2n) is 4.37. The van der Waals surface area contributed by atoms with E-state index in [0.717, 1.165) is 11.1 Å². The summed E-state index contributed by atoms with van der Waals surface area (Å²) in [6, 6.07) is 8.43. The maximum atomic E-state index is 13.3. The smallest absolute Gasteiger partial charge is 0.142 e. The Morgan fingerprint density at radius 2 is 2.21 bits per heavy atom. The van der Waals surface area contributed by atoms with Crippen LogP contribution in [0.15, 0.2) is 64.3 Å². The van der Waals surface area contributed by atoms with Crippen molar-refractivity contribution in [1.29, 1.82) is 5.26 Å². The van der Waals surface area contributed by atoms with Crippen molar-refractivity contribution in [2.24, 2.45) is 10.7 Å². The summed E-state index contributed by atoms with van der Waals surface area (Å²) in [5.74, 6) is -0.253. The summed E-state index contributed by atoms with van der Waals surface area (Å²) in [5, 5.41) is 9.20. The molecule has 0 spiro atoms. The van der Waals surface area contributed by atoms with Crippen molar-refractivity contribution in [1.82, 2.24) is 0 Å². The van der Waals surface area contributed by atoms with Gasteiger partial charge in [-0.25, -0.2) is 9.38 Å².